The maximum atomic E-state index is 11.1. The molecule has 0 aliphatic carbocycles. The zero-order valence-electron chi connectivity index (χ0n) is 10.2. The molecule has 0 saturated carbocycles. The first-order chi connectivity index (χ1) is 8.47. The molecule has 1 unspecified atom stereocenters. The van der Waals surface area contributed by atoms with Gasteiger partial charge in [0.15, 0.2) is 6.10 Å². The summed E-state index contributed by atoms with van der Waals surface area (Å²) in [6, 6.07) is -0.584. The van der Waals surface area contributed by atoms with Crippen LogP contribution in [0.15, 0.2) is 0 Å². The van der Waals surface area contributed by atoms with Crippen LogP contribution in [0.2, 0.25) is 0 Å². The van der Waals surface area contributed by atoms with Crippen molar-refractivity contribution in [1.82, 2.24) is 16.0 Å². The number of rotatable bonds is 8. The number of carbonyl (C=O) groups excluding carboxylic acids is 2. The van der Waals surface area contributed by atoms with Gasteiger partial charge in [-0.15, -0.1) is 0 Å². The second-order valence-electron chi connectivity index (χ2n) is 3.60. The molecule has 0 rings (SSSR count). The lowest BCUT2D eigenvalue weighted by atomic mass is 10.2. The van der Waals surface area contributed by atoms with E-state index in [1.807, 2.05) is 6.92 Å². The van der Waals surface area contributed by atoms with Crippen molar-refractivity contribution in [2.75, 3.05) is 19.6 Å². The standard InChI is InChI=1S/C10H19N3O5/c1-2-4-11-8(15)6-13-10(18)12-5-3-7(14)9(16)17/h7,14H,2-6H2,1H3,(H,11,15)(H,16,17)(H2,12,13,18). The number of amides is 3. The van der Waals surface area contributed by atoms with Crippen LogP contribution in [-0.4, -0.2) is 53.9 Å². The smallest absolute Gasteiger partial charge is 0.332 e. The van der Waals surface area contributed by atoms with E-state index in [0.717, 1.165) is 6.42 Å². The van der Waals surface area contributed by atoms with E-state index in [9.17, 15) is 14.4 Å². The number of aliphatic hydroxyl groups is 1. The third kappa shape index (κ3) is 8.34. The highest BCUT2D eigenvalue weighted by atomic mass is 16.4. The van der Waals surface area contributed by atoms with Gasteiger partial charge in [0.1, 0.15) is 0 Å². The van der Waals surface area contributed by atoms with Crippen LogP contribution in [0.4, 0.5) is 4.79 Å². The lowest BCUT2D eigenvalue weighted by Crippen LogP contribution is -2.43. The van der Waals surface area contributed by atoms with Gasteiger partial charge in [0, 0.05) is 19.5 Å². The minimum Gasteiger partial charge on any atom is -0.479 e. The van der Waals surface area contributed by atoms with Gasteiger partial charge >= 0.3 is 12.0 Å². The second kappa shape index (κ2) is 9.23. The molecule has 0 aliphatic heterocycles. The highest BCUT2D eigenvalue weighted by molar-refractivity contribution is 5.83. The largest absolute Gasteiger partial charge is 0.479 e. The van der Waals surface area contributed by atoms with Crippen LogP contribution >= 0.6 is 0 Å². The van der Waals surface area contributed by atoms with E-state index in [4.69, 9.17) is 10.2 Å². The Labute approximate surface area is 105 Å². The van der Waals surface area contributed by atoms with Gasteiger partial charge in [-0.3, -0.25) is 4.79 Å². The molecule has 104 valence electrons. The third-order valence-corrected chi connectivity index (χ3v) is 1.97. The minimum atomic E-state index is -1.50. The van der Waals surface area contributed by atoms with E-state index in [0.29, 0.717) is 6.54 Å². The van der Waals surface area contributed by atoms with Gasteiger partial charge in [-0.25, -0.2) is 9.59 Å². The summed E-state index contributed by atoms with van der Waals surface area (Å²) >= 11 is 0. The van der Waals surface area contributed by atoms with Gasteiger partial charge in [-0.05, 0) is 6.42 Å². The van der Waals surface area contributed by atoms with Gasteiger partial charge in [0.2, 0.25) is 5.91 Å². The van der Waals surface area contributed by atoms with Gasteiger partial charge in [-0.2, -0.15) is 0 Å². The first-order valence-corrected chi connectivity index (χ1v) is 5.66. The first-order valence-electron chi connectivity index (χ1n) is 5.66. The molecule has 0 heterocycles. The number of nitrogens with one attached hydrogen (secondary N) is 3. The second-order valence-corrected chi connectivity index (χ2v) is 3.60. The molecular formula is C10H19N3O5. The summed E-state index contributed by atoms with van der Waals surface area (Å²) in [5, 5.41) is 24.5. The topological polar surface area (TPSA) is 128 Å². The average molecular weight is 261 g/mol. The van der Waals surface area contributed by atoms with Crippen molar-refractivity contribution in [3.05, 3.63) is 0 Å². The van der Waals surface area contributed by atoms with E-state index in [2.05, 4.69) is 16.0 Å². The van der Waals surface area contributed by atoms with Crippen molar-refractivity contribution >= 4 is 17.9 Å². The van der Waals surface area contributed by atoms with E-state index in [1.54, 1.807) is 0 Å². The maximum Gasteiger partial charge on any atom is 0.332 e. The van der Waals surface area contributed by atoms with Crippen LogP contribution < -0.4 is 16.0 Å². The van der Waals surface area contributed by atoms with Crippen LogP contribution in [0.1, 0.15) is 19.8 Å². The predicted octanol–water partition coefficient (Wildman–Crippen LogP) is -1.35. The van der Waals surface area contributed by atoms with Gasteiger partial charge in [0.25, 0.3) is 0 Å². The summed E-state index contributed by atoms with van der Waals surface area (Å²) in [6.07, 6.45) is -0.784. The minimum absolute atomic E-state index is 0.00980. The summed E-state index contributed by atoms with van der Waals surface area (Å²) < 4.78 is 0. The van der Waals surface area contributed by atoms with Crippen molar-refractivity contribution in [1.29, 1.82) is 0 Å². The molecule has 0 aliphatic rings. The summed E-state index contributed by atoms with van der Waals surface area (Å²) in [6.45, 7) is 2.32. The summed E-state index contributed by atoms with van der Waals surface area (Å²) in [7, 11) is 0. The van der Waals surface area contributed by atoms with Crippen LogP contribution in [0.25, 0.3) is 0 Å². The van der Waals surface area contributed by atoms with Gasteiger partial charge < -0.3 is 26.2 Å². The average Bonchev–Trinajstić information content (AvgIpc) is 2.33. The number of aliphatic carboxylic acids is 1. The zero-order valence-corrected chi connectivity index (χ0v) is 10.2. The predicted molar refractivity (Wildman–Crippen MR) is 63.0 cm³/mol. The number of carboxylic acids is 1. The summed E-state index contributed by atoms with van der Waals surface area (Å²) in [4.78, 5) is 32.5. The fourth-order valence-corrected chi connectivity index (χ4v) is 0.996. The van der Waals surface area contributed by atoms with Crippen LogP contribution in [0.3, 0.4) is 0 Å². The van der Waals surface area contributed by atoms with Crippen molar-refractivity contribution in [2.45, 2.75) is 25.9 Å². The van der Waals surface area contributed by atoms with Crippen LogP contribution in [0.5, 0.6) is 0 Å². The number of hydrogen-bond acceptors (Lipinski definition) is 4. The van der Waals surface area contributed by atoms with Crippen LogP contribution in [0, 0.1) is 0 Å². The highest BCUT2D eigenvalue weighted by Crippen LogP contribution is 1.88. The van der Waals surface area contributed by atoms with Crippen molar-refractivity contribution in [3.8, 4) is 0 Å². The first kappa shape index (κ1) is 16.2. The maximum absolute atomic E-state index is 11.1. The molecule has 0 spiro atoms. The molecule has 18 heavy (non-hydrogen) atoms. The molecule has 0 aromatic carbocycles. The number of aliphatic hydroxyl groups excluding tert-OH is 1. The normalized spacial score (nSPS) is 11.4. The molecule has 8 heteroatoms. The fourth-order valence-electron chi connectivity index (χ4n) is 0.996. The summed E-state index contributed by atoms with van der Waals surface area (Å²) in [5.41, 5.74) is 0. The Bertz CT molecular complexity index is 295. The lowest BCUT2D eigenvalue weighted by molar-refractivity contribution is -0.146. The Morgan fingerprint density at radius 1 is 1.11 bits per heavy atom. The van der Waals surface area contributed by atoms with Crippen molar-refractivity contribution in [2.24, 2.45) is 0 Å². The van der Waals surface area contributed by atoms with E-state index in [-0.39, 0.29) is 25.4 Å². The van der Waals surface area contributed by atoms with E-state index < -0.39 is 18.1 Å². The molecule has 0 bridgehead atoms. The molecule has 3 amide bonds. The quantitative estimate of drug-likeness (QED) is 0.369. The highest BCUT2D eigenvalue weighted by Gasteiger charge is 2.12. The zero-order chi connectivity index (χ0) is 14.0. The fraction of sp³-hybridized carbons (Fsp3) is 0.700. The molecule has 0 fully saturated rings. The summed E-state index contributed by atoms with van der Waals surface area (Å²) in [5.74, 6) is -1.63. The van der Waals surface area contributed by atoms with E-state index >= 15 is 0 Å². The Morgan fingerprint density at radius 2 is 1.78 bits per heavy atom. The molecule has 0 aromatic heterocycles. The van der Waals surface area contributed by atoms with Crippen molar-refractivity contribution < 1.29 is 24.6 Å². The number of hydrogen-bond donors (Lipinski definition) is 5. The monoisotopic (exact) mass is 261 g/mol. The number of urea groups is 1. The van der Waals surface area contributed by atoms with Crippen LogP contribution in [-0.2, 0) is 9.59 Å². The molecule has 8 nitrogen and oxygen atoms in total. The molecule has 0 aromatic rings. The molecule has 1 atom stereocenters. The molecular weight excluding hydrogens is 242 g/mol. The molecule has 5 N–H and O–H groups in total. The number of carboxylic acid groups (broad SMARTS) is 1. The SMILES string of the molecule is CCCNC(=O)CNC(=O)NCCC(O)C(=O)O. The van der Waals surface area contributed by atoms with E-state index in [1.165, 1.54) is 0 Å². The van der Waals surface area contributed by atoms with Gasteiger partial charge in [0.05, 0.1) is 6.54 Å². The van der Waals surface area contributed by atoms with Gasteiger partial charge in [-0.1, -0.05) is 6.92 Å². The Kier molecular flexibility index (Phi) is 8.29. The number of carbonyl (C=O) groups is 3. The Hall–Kier alpha value is -1.83. The Morgan fingerprint density at radius 3 is 2.33 bits per heavy atom. The molecule has 0 saturated heterocycles. The third-order valence-electron chi connectivity index (χ3n) is 1.97. The molecule has 0 radical (unpaired) electrons. The Balaban J connectivity index is 3.60. The van der Waals surface area contributed by atoms with Crippen molar-refractivity contribution in [3.63, 3.8) is 0 Å². The lowest BCUT2D eigenvalue weighted by Gasteiger charge is -2.09.